The molecule has 0 atom stereocenters. The number of nitrogens with zero attached hydrogens (tertiary/aromatic N) is 3. The summed E-state index contributed by atoms with van der Waals surface area (Å²) in [6.07, 6.45) is 0. The van der Waals surface area contributed by atoms with Gasteiger partial charge in [-0.05, 0) is 69.1 Å². The van der Waals surface area contributed by atoms with E-state index in [1.165, 1.54) is 74.6 Å². The number of thiophene rings is 1. The van der Waals surface area contributed by atoms with Crippen LogP contribution in [-0.4, -0.2) is 14.5 Å². The maximum Gasteiger partial charge on any atom is 0.161 e. The van der Waals surface area contributed by atoms with Crippen LogP contribution in [0.25, 0.3) is 114 Å². The first kappa shape index (κ1) is 31.2. The zero-order valence-electron chi connectivity index (χ0n) is 30.1. The van der Waals surface area contributed by atoms with E-state index in [2.05, 4.69) is 193 Å². The van der Waals surface area contributed by atoms with Crippen molar-refractivity contribution in [2.75, 3.05) is 0 Å². The van der Waals surface area contributed by atoms with E-state index in [9.17, 15) is 0 Å². The Hall–Kier alpha value is -7.14. The molecule has 9 aromatic carbocycles. The molecule has 0 saturated heterocycles. The van der Waals surface area contributed by atoms with Crippen molar-refractivity contribution in [2.45, 2.75) is 0 Å². The normalized spacial score (nSPS) is 11.9. The topological polar surface area (TPSA) is 30.7 Å². The van der Waals surface area contributed by atoms with Gasteiger partial charge in [-0.1, -0.05) is 152 Å². The van der Waals surface area contributed by atoms with Crippen LogP contribution in [0.4, 0.5) is 0 Å². The van der Waals surface area contributed by atoms with Crippen molar-refractivity contribution in [3.63, 3.8) is 0 Å². The summed E-state index contributed by atoms with van der Waals surface area (Å²) in [5, 5.41) is 11.0. The number of fused-ring (bicyclic) bond motifs is 11. The maximum absolute atomic E-state index is 5.48. The fourth-order valence-electron chi connectivity index (χ4n) is 8.80. The van der Waals surface area contributed by atoms with Crippen LogP contribution in [0.3, 0.4) is 0 Å². The lowest BCUT2D eigenvalue weighted by Gasteiger charge is -2.14. The third-order valence-electron chi connectivity index (χ3n) is 11.4. The molecule has 0 spiro atoms. The van der Waals surface area contributed by atoms with Crippen molar-refractivity contribution in [2.24, 2.45) is 0 Å². The van der Waals surface area contributed by atoms with E-state index < -0.39 is 0 Å². The van der Waals surface area contributed by atoms with Gasteiger partial charge in [-0.3, -0.25) is 0 Å². The van der Waals surface area contributed by atoms with Gasteiger partial charge in [0.2, 0.25) is 0 Å². The minimum absolute atomic E-state index is 0.723. The number of hydrogen-bond acceptors (Lipinski definition) is 3. The highest BCUT2D eigenvalue weighted by Crippen LogP contribution is 2.45. The molecular formula is C52H31N3S. The van der Waals surface area contributed by atoms with Crippen LogP contribution >= 0.6 is 11.3 Å². The Kier molecular flexibility index (Phi) is 6.80. The fourth-order valence-corrected chi connectivity index (χ4v) is 9.99. The van der Waals surface area contributed by atoms with Gasteiger partial charge in [0.05, 0.1) is 22.2 Å². The second-order valence-corrected chi connectivity index (χ2v) is 15.6. The molecule has 3 heterocycles. The lowest BCUT2D eigenvalue weighted by Crippen LogP contribution is -1.98. The highest BCUT2D eigenvalue weighted by molar-refractivity contribution is 7.26. The van der Waals surface area contributed by atoms with Crippen LogP contribution < -0.4 is 0 Å². The summed E-state index contributed by atoms with van der Waals surface area (Å²) in [6.45, 7) is 0. The standard InChI is InChI=1S/C52H31N3S/c1-2-12-32(13-3-1)33-22-24-36(25-23-33)50-41-19-8-10-20-44(41)53-52(54-50)43-31-37(30-42-40-18-9-11-21-47(40)56-51(42)43)55-45-28-26-34-14-4-6-16-38(34)48(45)49-39-17-7-5-15-35(39)27-29-46(49)55/h1-31H. The number of para-hydroxylation sites is 1. The summed E-state index contributed by atoms with van der Waals surface area (Å²) in [6, 6.07) is 67.8. The molecular weight excluding hydrogens is 699 g/mol. The van der Waals surface area contributed by atoms with Gasteiger partial charge in [-0.15, -0.1) is 11.3 Å². The number of aromatic nitrogens is 3. The predicted octanol–water partition coefficient (Wildman–Crippen LogP) is 14.4. The first-order chi connectivity index (χ1) is 27.8. The summed E-state index contributed by atoms with van der Waals surface area (Å²) in [7, 11) is 0. The Morgan fingerprint density at radius 1 is 0.411 bits per heavy atom. The average molecular weight is 730 g/mol. The third kappa shape index (κ3) is 4.70. The van der Waals surface area contributed by atoms with Gasteiger partial charge in [0, 0.05) is 53.1 Å². The monoisotopic (exact) mass is 729 g/mol. The van der Waals surface area contributed by atoms with E-state index in [1.54, 1.807) is 0 Å². The quantitative estimate of drug-likeness (QED) is 0.181. The van der Waals surface area contributed by atoms with E-state index in [4.69, 9.17) is 9.97 Å². The SMILES string of the molecule is c1ccc(-c2ccc(-c3nc(-c4cc(-n5c6ccc7ccccc7c6c6c7ccccc7ccc65)cc5c4sc4ccccc45)nc4ccccc34)cc2)cc1. The second kappa shape index (κ2) is 12.2. The zero-order chi connectivity index (χ0) is 36.7. The van der Waals surface area contributed by atoms with Crippen LogP contribution in [0.1, 0.15) is 0 Å². The third-order valence-corrected chi connectivity index (χ3v) is 12.6. The molecule has 56 heavy (non-hydrogen) atoms. The Morgan fingerprint density at radius 2 is 0.982 bits per heavy atom. The highest BCUT2D eigenvalue weighted by atomic mass is 32.1. The molecule has 0 N–H and O–H groups in total. The van der Waals surface area contributed by atoms with Crippen molar-refractivity contribution in [1.82, 2.24) is 14.5 Å². The summed E-state index contributed by atoms with van der Waals surface area (Å²) in [5.74, 6) is 0.723. The Morgan fingerprint density at radius 3 is 1.70 bits per heavy atom. The van der Waals surface area contributed by atoms with Crippen molar-refractivity contribution >= 4 is 85.8 Å². The molecule has 0 fully saturated rings. The van der Waals surface area contributed by atoms with Crippen molar-refractivity contribution in [1.29, 1.82) is 0 Å². The van der Waals surface area contributed by atoms with E-state index >= 15 is 0 Å². The van der Waals surface area contributed by atoms with Crippen LogP contribution in [0, 0.1) is 0 Å². The van der Waals surface area contributed by atoms with Crippen molar-refractivity contribution < 1.29 is 0 Å². The number of benzene rings is 9. The molecule has 0 aliphatic heterocycles. The van der Waals surface area contributed by atoms with Gasteiger partial charge in [0.15, 0.2) is 5.82 Å². The molecule has 0 amide bonds. The molecule has 0 saturated carbocycles. The van der Waals surface area contributed by atoms with Gasteiger partial charge in [0.1, 0.15) is 0 Å². The van der Waals surface area contributed by atoms with E-state index in [1.807, 2.05) is 11.3 Å². The van der Waals surface area contributed by atoms with E-state index in [-0.39, 0.29) is 0 Å². The Bertz CT molecular complexity index is 3430. The van der Waals surface area contributed by atoms with Crippen LogP contribution in [0.2, 0.25) is 0 Å². The molecule has 3 nitrogen and oxygen atoms in total. The van der Waals surface area contributed by atoms with Gasteiger partial charge in [-0.2, -0.15) is 0 Å². The minimum Gasteiger partial charge on any atom is -0.309 e. The smallest absolute Gasteiger partial charge is 0.161 e. The molecule has 0 unspecified atom stereocenters. The van der Waals surface area contributed by atoms with Gasteiger partial charge >= 0.3 is 0 Å². The molecule has 4 heteroatoms. The molecule has 260 valence electrons. The average Bonchev–Trinajstić information content (AvgIpc) is 3.82. The number of hydrogen-bond donors (Lipinski definition) is 0. The highest BCUT2D eigenvalue weighted by Gasteiger charge is 2.22. The molecule has 0 bridgehead atoms. The molecule has 12 rings (SSSR count). The van der Waals surface area contributed by atoms with E-state index in [0.29, 0.717) is 0 Å². The lowest BCUT2D eigenvalue weighted by molar-refractivity contribution is 1.18. The molecule has 12 aromatic rings. The Labute approximate surface area is 326 Å². The molecule has 0 radical (unpaired) electrons. The van der Waals surface area contributed by atoms with Crippen LogP contribution in [-0.2, 0) is 0 Å². The lowest BCUT2D eigenvalue weighted by atomic mass is 10.00. The van der Waals surface area contributed by atoms with E-state index in [0.717, 1.165) is 39.2 Å². The fraction of sp³-hybridized carbons (Fsp3) is 0. The van der Waals surface area contributed by atoms with Gasteiger partial charge in [0.25, 0.3) is 0 Å². The summed E-state index contributed by atoms with van der Waals surface area (Å²) >= 11 is 1.82. The van der Waals surface area contributed by atoms with Gasteiger partial charge < -0.3 is 4.57 Å². The largest absolute Gasteiger partial charge is 0.309 e. The molecule has 0 aliphatic rings. The second-order valence-electron chi connectivity index (χ2n) is 14.5. The van der Waals surface area contributed by atoms with Gasteiger partial charge in [-0.25, -0.2) is 9.97 Å². The van der Waals surface area contributed by atoms with Crippen LogP contribution in [0.5, 0.6) is 0 Å². The minimum atomic E-state index is 0.723. The van der Waals surface area contributed by atoms with Crippen molar-refractivity contribution in [3.8, 4) is 39.5 Å². The first-order valence-electron chi connectivity index (χ1n) is 19.0. The first-order valence-corrected chi connectivity index (χ1v) is 19.8. The summed E-state index contributed by atoms with van der Waals surface area (Å²) < 4.78 is 4.90. The summed E-state index contributed by atoms with van der Waals surface area (Å²) in [5.41, 5.74) is 9.78. The Balaban J connectivity index is 1.16. The molecule has 0 aliphatic carbocycles. The summed E-state index contributed by atoms with van der Waals surface area (Å²) in [4.78, 5) is 10.8. The van der Waals surface area contributed by atoms with Crippen LogP contribution in [0.15, 0.2) is 188 Å². The molecule has 3 aromatic heterocycles. The zero-order valence-corrected chi connectivity index (χ0v) is 31.0. The predicted molar refractivity (Wildman–Crippen MR) is 238 cm³/mol. The maximum atomic E-state index is 5.48. The number of rotatable bonds is 4. The van der Waals surface area contributed by atoms with Crippen molar-refractivity contribution in [3.05, 3.63) is 188 Å².